The molecule has 1 fully saturated rings. The van der Waals surface area contributed by atoms with Gasteiger partial charge in [0.05, 0.1) is 13.2 Å². The minimum absolute atomic E-state index is 0.138. The second-order valence-electron chi connectivity index (χ2n) is 7.36. The highest BCUT2D eigenvalue weighted by molar-refractivity contribution is 5.77. The minimum Gasteiger partial charge on any atom is -0.467 e. The Kier molecular flexibility index (Phi) is 13.2. The molecule has 2 atom stereocenters. The van der Waals surface area contributed by atoms with E-state index in [1.807, 2.05) is 0 Å². The zero-order valence-electron chi connectivity index (χ0n) is 16.2. The second-order valence-corrected chi connectivity index (χ2v) is 7.36. The third-order valence-corrected chi connectivity index (χ3v) is 5.11. The second kappa shape index (κ2) is 14.7. The molecule has 1 rings (SSSR count). The molecular formula is C21H40O3. The van der Waals surface area contributed by atoms with Crippen molar-refractivity contribution >= 4 is 5.97 Å². The van der Waals surface area contributed by atoms with Crippen LogP contribution in [0.5, 0.6) is 0 Å². The molecule has 0 N–H and O–H groups in total. The van der Waals surface area contributed by atoms with E-state index in [9.17, 15) is 4.79 Å². The van der Waals surface area contributed by atoms with Crippen molar-refractivity contribution in [2.24, 2.45) is 0 Å². The Labute approximate surface area is 149 Å². The first-order valence-corrected chi connectivity index (χ1v) is 10.5. The van der Waals surface area contributed by atoms with Crippen molar-refractivity contribution in [3.8, 4) is 0 Å². The smallest absolute Gasteiger partial charge is 0.337 e. The van der Waals surface area contributed by atoms with Gasteiger partial charge in [0.1, 0.15) is 0 Å². The van der Waals surface area contributed by atoms with Crippen LogP contribution in [0.4, 0.5) is 0 Å². The zero-order chi connectivity index (χ0) is 17.5. The maximum absolute atomic E-state index is 11.2. The summed E-state index contributed by atoms with van der Waals surface area (Å²) in [5.41, 5.74) is 0. The van der Waals surface area contributed by atoms with Crippen LogP contribution >= 0.6 is 0 Å². The highest BCUT2D eigenvalue weighted by Crippen LogP contribution is 2.28. The standard InChI is InChI=1S/C21H40O3/c1-3-4-5-6-7-8-9-10-11-12-13-14-15-16-17-18-19-20(24-19)21(22)23-2/h19-20H,3-18H2,1-2H3. The summed E-state index contributed by atoms with van der Waals surface area (Å²) in [5, 5.41) is 0. The molecule has 0 aromatic rings. The Hall–Kier alpha value is -0.570. The number of epoxide rings is 1. The van der Waals surface area contributed by atoms with E-state index in [1.54, 1.807) is 0 Å². The van der Waals surface area contributed by atoms with E-state index in [-0.39, 0.29) is 18.2 Å². The zero-order valence-corrected chi connectivity index (χ0v) is 16.2. The molecule has 0 saturated carbocycles. The van der Waals surface area contributed by atoms with Gasteiger partial charge in [-0.1, -0.05) is 103 Å². The summed E-state index contributed by atoms with van der Waals surface area (Å²) in [6, 6.07) is 0. The number of methoxy groups -OCH3 is 1. The fourth-order valence-electron chi connectivity index (χ4n) is 3.40. The number of hydrogen-bond acceptors (Lipinski definition) is 3. The maximum atomic E-state index is 11.2. The van der Waals surface area contributed by atoms with Gasteiger partial charge in [0, 0.05) is 0 Å². The molecule has 1 saturated heterocycles. The SMILES string of the molecule is CCCCCCCCCCCCCCCCCC1OC1C(=O)OC. The molecule has 2 unspecified atom stereocenters. The third-order valence-electron chi connectivity index (χ3n) is 5.11. The molecule has 24 heavy (non-hydrogen) atoms. The van der Waals surface area contributed by atoms with Crippen molar-refractivity contribution in [2.45, 2.75) is 122 Å². The number of carbonyl (C=O) groups is 1. The molecule has 0 spiro atoms. The van der Waals surface area contributed by atoms with Crippen LogP contribution < -0.4 is 0 Å². The predicted molar refractivity (Wildman–Crippen MR) is 100 cm³/mol. The Balaban J connectivity index is 1.69. The Morgan fingerprint density at radius 2 is 1.17 bits per heavy atom. The van der Waals surface area contributed by atoms with Crippen LogP contribution in [0.2, 0.25) is 0 Å². The van der Waals surface area contributed by atoms with Crippen LogP contribution in [0.3, 0.4) is 0 Å². The van der Waals surface area contributed by atoms with E-state index in [4.69, 9.17) is 4.74 Å². The van der Waals surface area contributed by atoms with Crippen molar-refractivity contribution in [3.05, 3.63) is 0 Å². The maximum Gasteiger partial charge on any atom is 0.337 e. The van der Waals surface area contributed by atoms with Gasteiger partial charge in [0.15, 0.2) is 6.10 Å². The first-order valence-electron chi connectivity index (χ1n) is 10.5. The summed E-state index contributed by atoms with van der Waals surface area (Å²) in [7, 11) is 1.43. The van der Waals surface area contributed by atoms with E-state index < -0.39 is 0 Å². The first kappa shape index (κ1) is 21.5. The normalized spacial score (nSPS) is 19.4. The Bertz CT molecular complexity index is 303. The van der Waals surface area contributed by atoms with Crippen molar-refractivity contribution in [2.75, 3.05) is 7.11 Å². The lowest BCUT2D eigenvalue weighted by Gasteiger charge is -2.03. The van der Waals surface area contributed by atoms with Gasteiger partial charge in [0.25, 0.3) is 0 Å². The summed E-state index contributed by atoms with van der Waals surface area (Å²) < 4.78 is 9.98. The van der Waals surface area contributed by atoms with Gasteiger partial charge < -0.3 is 9.47 Å². The lowest BCUT2D eigenvalue weighted by molar-refractivity contribution is -0.142. The molecule has 1 heterocycles. The number of carbonyl (C=O) groups excluding carboxylic acids is 1. The number of ether oxygens (including phenoxy) is 2. The fraction of sp³-hybridized carbons (Fsp3) is 0.952. The van der Waals surface area contributed by atoms with E-state index in [0.29, 0.717) is 0 Å². The molecule has 1 aliphatic rings. The molecule has 142 valence electrons. The lowest BCUT2D eigenvalue weighted by atomic mass is 10.0. The largest absolute Gasteiger partial charge is 0.467 e. The van der Waals surface area contributed by atoms with Crippen LogP contribution in [0.1, 0.15) is 110 Å². The molecule has 3 heteroatoms. The highest BCUT2D eigenvalue weighted by atomic mass is 16.6. The van der Waals surface area contributed by atoms with Gasteiger partial charge in [0.2, 0.25) is 0 Å². The summed E-state index contributed by atoms with van der Waals surface area (Å²) in [6.45, 7) is 2.28. The molecule has 1 aliphatic heterocycles. The van der Waals surface area contributed by atoms with Gasteiger partial charge >= 0.3 is 5.97 Å². The van der Waals surface area contributed by atoms with Crippen molar-refractivity contribution < 1.29 is 14.3 Å². The molecular weight excluding hydrogens is 300 g/mol. The van der Waals surface area contributed by atoms with Gasteiger partial charge in [-0.25, -0.2) is 4.79 Å². The Morgan fingerprint density at radius 1 is 0.750 bits per heavy atom. The quantitative estimate of drug-likeness (QED) is 0.180. The average Bonchev–Trinajstić information content (AvgIpc) is 3.37. The highest BCUT2D eigenvalue weighted by Gasteiger charge is 2.45. The van der Waals surface area contributed by atoms with Gasteiger partial charge in [-0.15, -0.1) is 0 Å². The van der Waals surface area contributed by atoms with Gasteiger partial charge in [-0.05, 0) is 6.42 Å². The lowest BCUT2D eigenvalue weighted by Crippen LogP contribution is -2.11. The number of unbranched alkanes of at least 4 members (excludes halogenated alkanes) is 14. The van der Waals surface area contributed by atoms with E-state index in [2.05, 4.69) is 11.7 Å². The predicted octanol–water partition coefficient (Wildman–Crippen LogP) is 6.19. The number of hydrogen-bond donors (Lipinski definition) is 0. The summed E-state index contributed by atoms with van der Waals surface area (Å²) >= 11 is 0. The first-order chi connectivity index (χ1) is 11.8. The van der Waals surface area contributed by atoms with Crippen molar-refractivity contribution in [1.82, 2.24) is 0 Å². The summed E-state index contributed by atoms with van der Waals surface area (Å²) in [6.07, 6.45) is 21.7. The van der Waals surface area contributed by atoms with Crippen LogP contribution in [-0.4, -0.2) is 25.3 Å². The fourth-order valence-corrected chi connectivity index (χ4v) is 3.40. The van der Waals surface area contributed by atoms with E-state index in [1.165, 1.54) is 103 Å². The molecule has 0 aliphatic carbocycles. The van der Waals surface area contributed by atoms with Crippen LogP contribution in [0, 0.1) is 0 Å². The van der Waals surface area contributed by atoms with Crippen molar-refractivity contribution in [1.29, 1.82) is 0 Å². The summed E-state index contributed by atoms with van der Waals surface area (Å²) in [5.74, 6) is -0.207. The van der Waals surface area contributed by atoms with Crippen LogP contribution in [-0.2, 0) is 14.3 Å². The van der Waals surface area contributed by atoms with Gasteiger partial charge in [-0.3, -0.25) is 0 Å². The molecule has 3 nitrogen and oxygen atoms in total. The monoisotopic (exact) mass is 340 g/mol. The van der Waals surface area contributed by atoms with Crippen LogP contribution in [0.15, 0.2) is 0 Å². The summed E-state index contributed by atoms with van der Waals surface area (Å²) in [4.78, 5) is 11.2. The number of rotatable bonds is 17. The minimum atomic E-state index is -0.262. The van der Waals surface area contributed by atoms with E-state index >= 15 is 0 Å². The molecule has 0 aromatic carbocycles. The third kappa shape index (κ3) is 11.1. The van der Waals surface area contributed by atoms with Crippen molar-refractivity contribution in [3.63, 3.8) is 0 Å². The average molecular weight is 341 g/mol. The molecule has 0 aromatic heterocycles. The van der Waals surface area contributed by atoms with E-state index in [0.717, 1.165) is 6.42 Å². The number of esters is 1. The Morgan fingerprint density at radius 3 is 1.58 bits per heavy atom. The molecule has 0 radical (unpaired) electrons. The topological polar surface area (TPSA) is 38.8 Å². The van der Waals surface area contributed by atoms with Gasteiger partial charge in [-0.2, -0.15) is 0 Å². The molecule has 0 amide bonds. The van der Waals surface area contributed by atoms with Crippen LogP contribution in [0.25, 0.3) is 0 Å². The molecule has 0 bridgehead atoms.